The van der Waals surface area contributed by atoms with Gasteiger partial charge in [-0.3, -0.25) is 9.59 Å². The van der Waals surface area contributed by atoms with Crippen LogP contribution in [-0.2, 0) is 4.79 Å². The van der Waals surface area contributed by atoms with Gasteiger partial charge in [0.2, 0.25) is 5.91 Å². The Hall–Kier alpha value is -1.84. The van der Waals surface area contributed by atoms with E-state index < -0.39 is 0 Å². The van der Waals surface area contributed by atoms with Gasteiger partial charge in [-0.25, -0.2) is 0 Å². The number of carbonyl (C=O) groups excluding carboxylic acids is 2. The lowest BCUT2D eigenvalue weighted by Crippen LogP contribution is -2.41. The maximum atomic E-state index is 12.8. The molecule has 1 aromatic rings. The number of likely N-dealkylation sites (tertiary alicyclic amines) is 1. The Morgan fingerprint density at radius 1 is 1.17 bits per heavy atom. The maximum Gasteiger partial charge on any atom is 0.254 e. The van der Waals surface area contributed by atoms with Crippen LogP contribution in [0.3, 0.4) is 0 Å². The molecule has 23 heavy (non-hydrogen) atoms. The van der Waals surface area contributed by atoms with E-state index >= 15 is 0 Å². The highest BCUT2D eigenvalue weighted by molar-refractivity contribution is 5.94. The summed E-state index contributed by atoms with van der Waals surface area (Å²) in [5, 5.41) is 0. The quantitative estimate of drug-likeness (QED) is 0.808. The predicted octanol–water partition coefficient (Wildman–Crippen LogP) is 3.25. The normalized spacial score (nSPS) is 15.5. The minimum Gasteiger partial charge on any atom is -0.343 e. The molecule has 0 spiro atoms. The van der Waals surface area contributed by atoms with E-state index in [0.717, 1.165) is 37.9 Å². The van der Waals surface area contributed by atoms with Gasteiger partial charge in [0.15, 0.2) is 0 Å². The third kappa shape index (κ3) is 4.57. The van der Waals surface area contributed by atoms with Crippen LogP contribution >= 0.6 is 0 Å². The highest BCUT2D eigenvalue weighted by Crippen LogP contribution is 2.14. The topological polar surface area (TPSA) is 40.6 Å². The highest BCUT2D eigenvalue weighted by atomic mass is 16.2. The molecule has 4 heteroatoms. The Balaban J connectivity index is 2.02. The number of amides is 2. The molecule has 1 aromatic carbocycles. The van der Waals surface area contributed by atoms with Crippen LogP contribution in [-0.4, -0.2) is 47.3 Å². The average Bonchev–Trinajstić information content (AvgIpc) is 3.09. The molecule has 0 aromatic heterocycles. The number of aryl methyl sites for hydroxylation is 1. The van der Waals surface area contributed by atoms with Gasteiger partial charge in [-0.15, -0.1) is 0 Å². The van der Waals surface area contributed by atoms with Crippen LogP contribution in [0.15, 0.2) is 24.3 Å². The molecule has 0 radical (unpaired) electrons. The zero-order chi connectivity index (χ0) is 16.8. The van der Waals surface area contributed by atoms with E-state index in [1.165, 1.54) is 0 Å². The lowest BCUT2D eigenvalue weighted by molar-refractivity contribution is -0.130. The predicted molar refractivity (Wildman–Crippen MR) is 92.4 cm³/mol. The zero-order valence-electron chi connectivity index (χ0n) is 14.5. The first-order valence-electron chi connectivity index (χ1n) is 8.68. The summed E-state index contributed by atoms with van der Waals surface area (Å²) in [6.07, 6.45) is 3.50. The van der Waals surface area contributed by atoms with Gasteiger partial charge in [-0.1, -0.05) is 24.6 Å². The van der Waals surface area contributed by atoms with Crippen molar-refractivity contribution in [2.75, 3.05) is 19.6 Å². The highest BCUT2D eigenvalue weighted by Gasteiger charge is 2.23. The summed E-state index contributed by atoms with van der Waals surface area (Å²) in [4.78, 5) is 28.8. The van der Waals surface area contributed by atoms with Gasteiger partial charge < -0.3 is 9.80 Å². The van der Waals surface area contributed by atoms with E-state index in [1.54, 1.807) is 0 Å². The summed E-state index contributed by atoms with van der Waals surface area (Å²) < 4.78 is 0. The molecule has 0 N–H and O–H groups in total. The van der Waals surface area contributed by atoms with Crippen LogP contribution in [0.5, 0.6) is 0 Å². The molecule has 2 rings (SSSR count). The van der Waals surface area contributed by atoms with E-state index in [-0.39, 0.29) is 17.9 Å². The molecular formula is C19H28N2O2. The Morgan fingerprint density at radius 3 is 2.35 bits per heavy atom. The molecule has 1 aliphatic heterocycles. The molecule has 126 valence electrons. The maximum absolute atomic E-state index is 12.8. The summed E-state index contributed by atoms with van der Waals surface area (Å²) >= 11 is 0. The molecule has 1 fully saturated rings. The third-order valence-corrected chi connectivity index (χ3v) is 4.71. The number of hydrogen-bond acceptors (Lipinski definition) is 2. The lowest BCUT2D eigenvalue weighted by atomic mass is 10.1. The zero-order valence-corrected chi connectivity index (χ0v) is 14.5. The molecule has 0 aliphatic carbocycles. The fraction of sp³-hybridized carbons (Fsp3) is 0.579. The molecule has 1 saturated heterocycles. The molecule has 1 aliphatic rings. The Kier molecular flexibility index (Phi) is 6.20. The summed E-state index contributed by atoms with van der Waals surface area (Å²) in [6.45, 7) is 8.36. The number of hydrogen-bond donors (Lipinski definition) is 0. The van der Waals surface area contributed by atoms with Gasteiger partial charge in [-0.05, 0) is 45.2 Å². The molecule has 0 bridgehead atoms. The van der Waals surface area contributed by atoms with E-state index in [9.17, 15) is 9.59 Å². The van der Waals surface area contributed by atoms with Crippen molar-refractivity contribution in [2.24, 2.45) is 0 Å². The van der Waals surface area contributed by atoms with E-state index in [0.29, 0.717) is 18.5 Å². The average molecular weight is 316 g/mol. The molecule has 1 heterocycles. The van der Waals surface area contributed by atoms with Crippen molar-refractivity contribution in [1.82, 2.24) is 9.80 Å². The standard InChI is InChI=1S/C19H28N2O2/c1-4-16(3)21(14-11-18(22)20-12-5-6-13-20)19(23)17-9-7-15(2)8-10-17/h7-10,16H,4-6,11-14H2,1-3H3. The number of nitrogens with zero attached hydrogens (tertiary/aromatic N) is 2. The Morgan fingerprint density at radius 2 is 1.78 bits per heavy atom. The first kappa shape index (κ1) is 17.5. The number of carbonyl (C=O) groups is 2. The van der Waals surface area contributed by atoms with Crippen molar-refractivity contribution in [2.45, 2.75) is 52.5 Å². The van der Waals surface area contributed by atoms with Crippen LogP contribution in [0.1, 0.15) is 55.5 Å². The SMILES string of the molecule is CCC(C)N(CCC(=O)N1CCCC1)C(=O)c1ccc(C)cc1. The van der Waals surface area contributed by atoms with E-state index in [2.05, 4.69) is 6.92 Å². The first-order valence-corrected chi connectivity index (χ1v) is 8.68. The van der Waals surface area contributed by atoms with Gasteiger partial charge in [0.05, 0.1) is 0 Å². The fourth-order valence-corrected chi connectivity index (χ4v) is 2.95. The number of rotatable bonds is 6. The van der Waals surface area contributed by atoms with Crippen molar-refractivity contribution in [3.05, 3.63) is 35.4 Å². The van der Waals surface area contributed by atoms with Crippen LogP contribution in [0.25, 0.3) is 0 Å². The second-order valence-corrected chi connectivity index (χ2v) is 6.46. The Labute approximate surface area is 139 Å². The molecule has 1 atom stereocenters. The summed E-state index contributed by atoms with van der Waals surface area (Å²) in [6, 6.07) is 7.79. The second kappa shape index (κ2) is 8.14. The van der Waals surface area contributed by atoms with Gasteiger partial charge in [0.25, 0.3) is 5.91 Å². The van der Waals surface area contributed by atoms with Crippen LogP contribution in [0, 0.1) is 6.92 Å². The van der Waals surface area contributed by atoms with Gasteiger partial charge in [0.1, 0.15) is 0 Å². The van der Waals surface area contributed by atoms with Crippen LogP contribution in [0.2, 0.25) is 0 Å². The minimum atomic E-state index is 0.0218. The van der Waals surface area contributed by atoms with Crippen molar-refractivity contribution < 1.29 is 9.59 Å². The Bertz CT molecular complexity index is 533. The second-order valence-electron chi connectivity index (χ2n) is 6.46. The number of benzene rings is 1. The van der Waals surface area contributed by atoms with Crippen molar-refractivity contribution in [3.63, 3.8) is 0 Å². The molecule has 2 amide bonds. The van der Waals surface area contributed by atoms with Crippen molar-refractivity contribution >= 4 is 11.8 Å². The first-order chi connectivity index (χ1) is 11.0. The molecular weight excluding hydrogens is 288 g/mol. The van der Waals surface area contributed by atoms with Gasteiger partial charge in [-0.2, -0.15) is 0 Å². The molecule has 0 saturated carbocycles. The summed E-state index contributed by atoms with van der Waals surface area (Å²) in [5.41, 5.74) is 1.84. The van der Waals surface area contributed by atoms with E-state index in [1.807, 2.05) is 47.9 Å². The third-order valence-electron chi connectivity index (χ3n) is 4.71. The van der Waals surface area contributed by atoms with E-state index in [4.69, 9.17) is 0 Å². The van der Waals surface area contributed by atoms with Gasteiger partial charge in [0, 0.05) is 37.7 Å². The van der Waals surface area contributed by atoms with Crippen LogP contribution in [0.4, 0.5) is 0 Å². The lowest BCUT2D eigenvalue weighted by Gasteiger charge is -2.29. The fourth-order valence-electron chi connectivity index (χ4n) is 2.95. The minimum absolute atomic E-state index is 0.0218. The van der Waals surface area contributed by atoms with Crippen LogP contribution < -0.4 is 0 Å². The van der Waals surface area contributed by atoms with Gasteiger partial charge >= 0.3 is 0 Å². The largest absolute Gasteiger partial charge is 0.343 e. The molecule has 1 unspecified atom stereocenters. The monoisotopic (exact) mass is 316 g/mol. The summed E-state index contributed by atoms with van der Waals surface area (Å²) in [5.74, 6) is 0.195. The van der Waals surface area contributed by atoms with Crippen molar-refractivity contribution in [3.8, 4) is 0 Å². The van der Waals surface area contributed by atoms with Crippen molar-refractivity contribution in [1.29, 1.82) is 0 Å². The smallest absolute Gasteiger partial charge is 0.254 e. The summed E-state index contributed by atoms with van der Waals surface area (Å²) in [7, 11) is 0. The molecule has 4 nitrogen and oxygen atoms in total.